The maximum Gasteiger partial charge on any atom is 0.343 e. The minimum absolute atomic E-state index is 0.143. The van der Waals surface area contributed by atoms with Gasteiger partial charge in [-0.25, -0.2) is 14.4 Å². The predicted octanol–water partition coefficient (Wildman–Crippen LogP) is 4.60. The van der Waals surface area contributed by atoms with Crippen LogP contribution in [0.1, 0.15) is 38.8 Å². The van der Waals surface area contributed by atoms with Crippen LogP contribution in [0.5, 0.6) is 17.2 Å². The predicted molar refractivity (Wildman–Crippen MR) is 125 cm³/mol. The van der Waals surface area contributed by atoms with Gasteiger partial charge in [-0.05, 0) is 67.1 Å². The van der Waals surface area contributed by atoms with E-state index in [1.165, 1.54) is 43.5 Å². The van der Waals surface area contributed by atoms with Gasteiger partial charge >= 0.3 is 17.9 Å². The van der Waals surface area contributed by atoms with Gasteiger partial charge in [0, 0.05) is 17.7 Å². The zero-order valence-corrected chi connectivity index (χ0v) is 18.4. The van der Waals surface area contributed by atoms with Crippen LogP contribution in [0.4, 0.5) is 0 Å². The van der Waals surface area contributed by atoms with Crippen LogP contribution < -0.4 is 14.2 Å². The van der Waals surface area contributed by atoms with Crippen molar-refractivity contribution >= 4 is 24.0 Å². The van der Waals surface area contributed by atoms with Gasteiger partial charge < -0.3 is 19.3 Å². The highest BCUT2D eigenvalue weighted by Gasteiger charge is 2.15. The molecule has 3 rings (SSSR count). The molecule has 170 valence electrons. The first-order valence-corrected chi connectivity index (χ1v) is 10.1. The normalized spacial score (nSPS) is 10.2. The molecule has 7 nitrogen and oxygen atoms in total. The number of methoxy groups -OCH3 is 1. The van der Waals surface area contributed by atoms with Crippen molar-refractivity contribution in [2.24, 2.45) is 0 Å². The molecule has 0 atom stereocenters. The van der Waals surface area contributed by atoms with Gasteiger partial charge in [0.25, 0.3) is 0 Å². The van der Waals surface area contributed by atoms with Gasteiger partial charge in [0.15, 0.2) is 11.5 Å². The summed E-state index contributed by atoms with van der Waals surface area (Å²) >= 11 is 0. The Morgan fingerprint density at radius 2 is 1.44 bits per heavy atom. The number of aliphatic carboxylic acids is 1. The van der Waals surface area contributed by atoms with Crippen molar-refractivity contribution in [2.75, 3.05) is 7.11 Å². The van der Waals surface area contributed by atoms with Crippen LogP contribution in [0.15, 0.2) is 72.8 Å². The Labute approximate surface area is 196 Å². The Bertz CT molecular complexity index is 1290. The molecule has 0 saturated heterocycles. The van der Waals surface area contributed by atoms with Gasteiger partial charge in [0.1, 0.15) is 5.75 Å². The van der Waals surface area contributed by atoms with Crippen molar-refractivity contribution < 1.29 is 33.7 Å². The summed E-state index contributed by atoms with van der Waals surface area (Å²) in [5.41, 5.74) is 2.04. The molecule has 0 radical (unpaired) electrons. The fourth-order valence-electron chi connectivity index (χ4n) is 2.85. The summed E-state index contributed by atoms with van der Waals surface area (Å²) in [7, 11) is 1.40. The summed E-state index contributed by atoms with van der Waals surface area (Å²) in [5.74, 6) is 4.00. The highest BCUT2D eigenvalue weighted by Crippen LogP contribution is 2.32. The SMILES string of the molecule is CC#Cc1ccc(C(=O)Oc2ccc(OC(=O)c3ccc(/C=C/C(=O)O)cc3)c(OC)c2)cc1. The second kappa shape index (κ2) is 11.2. The number of carboxylic acid groups (broad SMARTS) is 1. The zero-order chi connectivity index (χ0) is 24.5. The van der Waals surface area contributed by atoms with Crippen LogP contribution in [0, 0.1) is 11.8 Å². The number of carboxylic acids is 1. The lowest BCUT2D eigenvalue weighted by atomic mass is 10.1. The van der Waals surface area contributed by atoms with Gasteiger partial charge in [-0.3, -0.25) is 0 Å². The number of benzene rings is 3. The molecule has 0 heterocycles. The summed E-state index contributed by atoms with van der Waals surface area (Å²) in [6.45, 7) is 1.73. The summed E-state index contributed by atoms with van der Waals surface area (Å²) in [6, 6.07) is 17.3. The smallest absolute Gasteiger partial charge is 0.343 e. The Morgan fingerprint density at radius 1 is 0.824 bits per heavy atom. The molecule has 0 aliphatic carbocycles. The van der Waals surface area contributed by atoms with Crippen LogP contribution in [-0.2, 0) is 4.79 Å². The summed E-state index contributed by atoms with van der Waals surface area (Å²) in [5, 5.41) is 8.68. The third-order valence-electron chi connectivity index (χ3n) is 4.50. The van der Waals surface area contributed by atoms with E-state index in [2.05, 4.69) is 11.8 Å². The molecular formula is C27H20O7. The number of hydrogen-bond donors (Lipinski definition) is 1. The monoisotopic (exact) mass is 456 g/mol. The molecule has 1 N–H and O–H groups in total. The maximum absolute atomic E-state index is 12.5. The van der Waals surface area contributed by atoms with Crippen LogP contribution in [-0.4, -0.2) is 30.1 Å². The van der Waals surface area contributed by atoms with E-state index in [-0.39, 0.29) is 22.8 Å². The molecule has 0 amide bonds. The van der Waals surface area contributed by atoms with Crippen LogP contribution in [0.2, 0.25) is 0 Å². The number of hydrogen-bond acceptors (Lipinski definition) is 6. The second-order valence-corrected chi connectivity index (χ2v) is 6.84. The van der Waals surface area contributed by atoms with Gasteiger partial charge in [-0.2, -0.15) is 0 Å². The molecule has 0 fully saturated rings. The van der Waals surface area contributed by atoms with E-state index in [0.717, 1.165) is 11.6 Å². The first-order valence-electron chi connectivity index (χ1n) is 10.1. The summed E-state index contributed by atoms with van der Waals surface area (Å²) in [4.78, 5) is 35.5. The maximum atomic E-state index is 12.5. The van der Waals surface area contributed by atoms with Crippen LogP contribution >= 0.6 is 0 Å². The van der Waals surface area contributed by atoms with Crippen molar-refractivity contribution in [2.45, 2.75) is 6.92 Å². The quantitative estimate of drug-likeness (QED) is 0.240. The number of rotatable bonds is 7. The topological polar surface area (TPSA) is 99.1 Å². The van der Waals surface area contributed by atoms with E-state index < -0.39 is 17.9 Å². The van der Waals surface area contributed by atoms with Crippen molar-refractivity contribution in [1.29, 1.82) is 0 Å². The molecule has 7 heteroatoms. The van der Waals surface area contributed by atoms with E-state index in [1.54, 1.807) is 43.3 Å². The van der Waals surface area contributed by atoms with Crippen LogP contribution in [0.25, 0.3) is 6.08 Å². The van der Waals surface area contributed by atoms with Crippen molar-refractivity contribution in [1.82, 2.24) is 0 Å². The van der Waals surface area contributed by atoms with Gasteiger partial charge in [0.2, 0.25) is 0 Å². The lowest BCUT2D eigenvalue weighted by Gasteiger charge is -2.11. The molecule has 3 aromatic rings. The Kier molecular flexibility index (Phi) is 7.82. The fourth-order valence-corrected chi connectivity index (χ4v) is 2.85. The van der Waals surface area contributed by atoms with E-state index in [0.29, 0.717) is 11.1 Å². The van der Waals surface area contributed by atoms with Crippen molar-refractivity contribution in [3.63, 3.8) is 0 Å². The minimum atomic E-state index is -1.07. The molecular weight excluding hydrogens is 436 g/mol. The molecule has 0 aliphatic rings. The molecule has 0 aromatic heterocycles. The summed E-state index contributed by atoms with van der Waals surface area (Å²) < 4.78 is 16.1. The largest absolute Gasteiger partial charge is 0.493 e. The Hall–Kier alpha value is -4.83. The zero-order valence-electron chi connectivity index (χ0n) is 18.4. The third-order valence-corrected chi connectivity index (χ3v) is 4.50. The van der Waals surface area contributed by atoms with Gasteiger partial charge in [0.05, 0.1) is 18.2 Å². The first-order chi connectivity index (χ1) is 16.4. The molecule has 0 spiro atoms. The molecule has 0 saturated carbocycles. The molecule has 0 unspecified atom stereocenters. The van der Waals surface area contributed by atoms with E-state index in [1.807, 2.05) is 0 Å². The van der Waals surface area contributed by atoms with Crippen molar-refractivity contribution in [3.05, 3.63) is 95.1 Å². The lowest BCUT2D eigenvalue weighted by molar-refractivity contribution is -0.131. The van der Waals surface area contributed by atoms with Crippen molar-refractivity contribution in [3.8, 4) is 29.1 Å². The van der Waals surface area contributed by atoms with E-state index in [9.17, 15) is 14.4 Å². The minimum Gasteiger partial charge on any atom is -0.493 e. The highest BCUT2D eigenvalue weighted by atomic mass is 16.6. The van der Waals surface area contributed by atoms with Crippen LogP contribution in [0.3, 0.4) is 0 Å². The summed E-state index contributed by atoms with van der Waals surface area (Å²) in [6.07, 6.45) is 2.41. The van der Waals surface area contributed by atoms with Gasteiger partial charge in [-0.15, -0.1) is 5.92 Å². The number of carbonyl (C=O) groups is 3. The van der Waals surface area contributed by atoms with E-state index in [4.69, 9.17) is 19.3 Å². The second-order valence-electron chi connectivity index (χ2n) is 6.84. The fraction of sp³-hybridized carbons (Fsp3) is 0.0741. The molecule has 3 aromatic carbocycles. The Balaban J connectivity index is 1.69. The highest BCUT2D eigenvalue weighted by molar-refractivity contribution is 5.92. The standard InChI is InChI=1S/C27H20O7/c1-3-4-18-5-10-20(11-6-18)26(30)33-22-14-15-23(24(17-22)32-2)34-27(31)21-12-7-19(8-13-21)9-16-25(28)29/h5-17H,1-2H3,(H,28,29)/b16-9+. The lowest BCUT2D eigenvalue weighted by Crippen LogP contribution is -2.10. The molecule has 34 heavy (non-hydrogen) atoms. The average molecular weight is 456 g/mol. The first kappa shape index (κ1) is 23.8. The molecule has 0 bridgehead atoms. The Morgan fingerprint density at radius 3 is 2.03 bits per heavy atom. The third kappa shape index (κ3) is 6.34. The number of carbonyl (C=O) groups excluding carboxylic acids is 2. The molecule has 0 aliphatic heterocycles. The number of esters is 2. The van der Waals surface area contributed by atoms with E-state index >= 15 is 0 Å². The number of ether oxygens (including phenoxy) is 3. The average Bonchev–Trinajstić information content (AvgIpc) is 2.84. The van der Waals surface area contributed by atoms with Gasteiger partial charge in [-0.1, -0.05) is 18.1 Å².